The third kappa shape index (κ3) is 4.38. The van der Waals surface area contributed by atoms with E-state index in [9.17, 15) is 5.11 Å². The van der Waals surface area contributed by atoms with E-state index in [0.717, 1.165) is 34.3 Å². The summed E-state index contributed by atoms with van der Waals surface area (Å²) in [6.07, 6.45) is 1.93. The average Bonchev–Trinajstić information content (AvgIpc) is 3.32. The van der Waals surface area contributed by atoms with Crippen molar-refractivity contribution in [1.29, 1.82) is 0 Å². The number of quaternary nitrogens is 1. The zero-order valence-corrected chi connectivity index (χ0v) is 21.2. The molecule has 0 spiro atoms. The molecule has 2 aromatic heterocycles. The number of para-hydroxylation sites is 1. The first-order valence-electron chi connectivity index (χ1n) is 11.8. The number of aromatic nitrogens is 3. The number of hydrogen-bond donors (Lipinski definition) is 1. The summed E-state index contributed by atoms with van der Waals surface area (Å²) >= 11 is 1.47. The fourth-order valence-electron chi connectivity index (χ4n) is 5.50. The van der Waals surface area contributed by atoms with E-state index in [4.69, 9.17) is 10.1 Å². The summed E-state index contributed by atoms with van der Waals surface area (Å²) in [5.41, 5.74) is 3.95. The first-order chi connectivity index (χ1) is 16.1. The number of fused-ring (bicyclic) bond motifs is 1. The van der Waals surface area contributed by atoms with Crippen LogP contribution < -0.4 is 10.4 Å². The summed E-state index contributed by atoms with van der Waals surface area (Å²) < 4.78 is 2.48. The molecule has 176 valence electrons. The first kappa shape index (κ1) is 22.7. The lowest BCUT2D eigenvalue weighted by molar-refractivity contribution is -0.787. The standard InChI is InChI=1S/C27H31N5OS/c1-17(28-19-15-26(2,3)31-27(4,5)16-19)22-23(18-11-7-6-8-12-18)30-32(24(22)33)25-29-20-13-9-10-14-21(20)34-25/h6-14,19,31,33H,15-16H2,1-5H3. The van der Waals surface area contributed by atoms with E-state index in [-0.39, 0.29) is 23.0 Å². The minimum Gasteiger partial charge on any atom is -0.858 e. The van der Waals surface area contributed by atoms with Crippen molar-refractivity contribution < 1.29 is 10.4 Å². The lowest BCUT2D eigenvalue weighted by Gasteiger charge is -2.41. The number of aliphatic imine (C=N–C) groups is 1. The fraction of sp³-hybridized carbons (Fsp3) is 0.370. The molecule has 1 aliphatic heterocycles. The van der Waals surface area contributed by atoms with Crippen molar-refractivity contribution in [2.75, 3.05) is 0 Å². The van der Waals surface area contributed by atoms with Gasteiger partial charge in [-0.3, -0.25) is 4.99 Å². The zero-order chi connectivity index (χ0) is 24.1. The summed E-state index contributed by atoms with van der Waals surface area (Å²) in [5.74, 6) is -0.167. The molecule has 6 nitrogen and oxygen atoms in total. The van der Waals surface area contributed by atoms with Gasteiger partial charge >= 0.3 is 0 Å². The molecule has 4 aromatic rings. The van der Waals surface area contributed by atoms with E-state index in [1.165, 1.54) is 16.0 Å². The molecule has 0 unspecified atom stereocenters. The molecule has 2 N–H and O–H groups in total. The number of rotatable bonds is 4. The Kier molecular flexibility index (Phi) is 5.57. The smallest absolute Gasteiger partial charge is 0.210 e. The maximum atomic E-state index is 13.8. The van der Waals surface area contributed by atoms with Gasteiger partial charge in [0.25, 0.3) is 0 Å². The van der Waals surface area contributed by atoms with Crippen molar-refractivity contribution in [1.82, 2.24) is 14.8 Å². The molecule has 0 radical (unpaired) electrons. The molecule has 34 heavy (non-hydrogen) atoms. The molecule has 1 aliphatic rings. The van der Waals surface area contributed by atoms with Gasteiger partial charge in [-0.2, -0.15) is 5.10 Å². The summed E-state index contributed by atoms with van der Waals surface area (Å²) in [4.78, 5) is 9.80. The van der Waals surface area contributed by atoms with Crippen molar-refractivity contribution in [3.8, 4) is 22.3 Å². The van der Waals surface area contributed by atoms with Crippen molar-refractivity contribution in [2.24, 2.45) is 4.99 Å². The van der Waals surface area contributed by atoms with Crippen LogP contribution in [0.1, 0.15) is 53.0 Å². The first-order valence-corrected chi connectivity index (χ1v) is 12.6. The van der Waals surface area contributed by atoms with Crippen LogP contribution in [0, 0.1) is 0 Å². The molecule has 1 fully saturated rings. The van der Waals surface area contributed by atoms with Crippen LogP contribution >= 0.6 is 11.3 Å². The van der Waals surface area contributed by atoms with Crippen molar-refractivity contribution in [3.05, 3.63) is 60.2 Å². The Hall–Kier alpha value is -3.03. The monoisotopic (exact) mass is 473 g/mol. The van der Waals surface area contributed by atoms with Crippen molar-refractivity contribution in [3.63, 3.8) is 0 Å². The number of thiazole rings is 1. The Morgan fingerprint density at radius 3 is 2.35 bits per heavy atom. The molecule has 3 heterocycles. The molecular weight excluding hydrogens is 442 g/mol. The van der Waals surface area contributed by atoms with E-state index in [2.05, 4.69) is 38.0 Å². The molecule has 7 heteroatoms. The third-order valence-corrected chi connectivity index (χ3v) is 7.41. The van der Waals surface area contributed by atoms with Gasteiger partial charge in [0.05, 0.1) is 27.3 Å². The second-order valence-corrected chi connectivity index (χ2v) is 11.7. The molecule has 0 amide bonds. The fourth-order valence-corrected chi connectivity index (χ4v) is 6.41. The molecule has 0 atom stereocenters. The van der Waals surface area contributed by atoms with Gasteiger partial charge in [0.1, 0.15) is 5.69 Å². The zero-order valence-electron chi connectivity index (χ0n) is 20.4. The topological polar surface area (TPSA) is 82.7 Å². The number of piperidine rings is 1. The SMILES string of the molecule is CC(=NC1CC(C)(C)[NH2+]C(C)(C)C1)c1c(-c2ccccc2)nn(-c2nc3ccccc3s2)c1[O-]. The van der Waals surface area contributed by atoms with Gasteiger partial charge < -0.3 is 10.4 Å². The van der Waals surface area contributed by atoms with E-state index in [0.29, 0.717) is 16.4 Å². The molecular formula is C27H31N5OS. The molecule has 1 saturated heterocycles. The quantitative estimate of drug-likeness (QED) is 0.448. The highest BCUT2D eigenvalue weighted by molar-refractivity contribution is 7.20. The van der Waals surface area contributed by atoms with Gasteiger partial charge in [0, 0.05) is 35.6 Å². The number of nitrogens with zero attached hydrogens (tertiary/aromatic N) is 4. The van der Waals surface area contributed by atoms with Crippen LogP contribution in [0.4, 0.5) is 0 Å². The van der Waals surface area contributed by atoms with Gasteiger partial charge in [0.15, 0.2) is 0 Å². The van der Waals surface area contributed by atoms with E-state index in [1.807, 2.05) is 61.5 Å². The highest BCUT2D eigenvalue weighted by Crippen LogP contribution is 2.34. The number of hydrogen-bond acceptors (Lipinski definition) is 5. The molecule has 5 rings (SSSR count). The van der Waals surface area contributed by atoms with Crippen LogP contribution in [-0.2, 0) is 0 Å². The summed E-state index contributed by atoms with van der Waals surface area (Å²) in [6.45, 7) is 11.0. The maximum Gasteiger partial charge on any atom is 0.210 e. The van der Waals surface area contributed by atoms with Crippen LogP contribution in [0.3, 0.4) is 0 Å². The van der Waals surface area contributed by atoms with E-state index < -0.39 is 0 Å². The second kappa shape index (κ2) is 8.32. The van der Waals surface area contributed by atoms with Crippen LogP contribution in [0.15, 0.2) is 59.6 Å². The molecule has 0 aliphatic carbocycles. The van der Waals surface area contributed by atoms with Gasteiger partial charge in [-0.25, -0.2) is 9.67 Å². The molecule has 0 saturated carbocycles. The Morgan fingerprint density at radius 2 is 1.68 bits per heavy atom. The van der Waals surface area contributed by atoms with Gasteiger partial charge in [-0.1, -0.05) is 53.8 Å². The van der Waals surface area contributed by atoms with Crippen molar-refractivity contribution in [2.45, 2.75) is 64.6 Å². The summed E-state index contributed by atoms with van der Waals surface area (Å²) in [5, 5.41) is 21.6. The lowest BCUT2D eigenvalue weighted by Crippen LogP contribution is -3.05. The van der Waals surface area contributed by atoms with Crippen molar-refractivity contribution >= 4 is 27.3 Å². The van der Waals surface area contributed by atoms with Crippen LogP contribution in [0.5, 0.6) is 5.88 Å². The second-order valence-electron chi connectivity index (χ2n) is 10.7. The number of nitrogens with two attached hydrogens (primary N) is 1. The predicted molar refractivity (Wildman–Crippen MR) is 137 cm³/mol. The normalized spacial score (nSPS) is 18.4. The van der Waals surface area contributed by atoms with Gasteiger partial charge in [0.2, 0.25) is 5.13 Å². The van der Waals surface area contributed by atoms with Crippen LogP contribution in [-0.4, -0.2) is 37.6 Å². The third-order valence-electron chi connectivity index (χ3n) is 6.40. The molecule has 0 bridgehead atoms. The van der Waals surface area contributed by atoms with E-state index >= 15 is 0 Å². The summed E-state index contributed by atoms with van der Waals surface area (Å²) in [6, 6.07) is 17.9. The highest BCUT2D eigenvalue weighted by atomic mass is 32.1. The molecule has 2 aromatic carbocycles. The minimum atomic E-state index is -0.167. The lowest BCUT2D eigenvalue weighted by atomic mass is 9.80. The van der Waals surface area contributed by atoms with Gasteiger partial charge in [-0.05, 0) is 46.8 Å². The summed E-state index contributed by atoms with van der Waals surface area (Å²) in [7, 11) is 0. The largest absolute Gasteiger partial charge is 0.858 e. The van der Waals surface area contributed by atoms with Crippen LogP contribution in [0.2, 0.25) is 0 Å². The maximum absolute atomic E-state index is 13.8. The Labute approximate surface area is 204 Å². The number of benzene rings is 2. The predicted octanol–water partition coefficient (Wildman–Crippen LogP) is 4.31. The Bertz CT molecular complexity index is 1320. The Morgan fingerprint density at radius 1 is 1.03 bits per heavy atom. The Balaban J connectivity index is 1.63. The minimum absolute atomic E-state index is 0.101. The average molecular weight is 474 g/mol. The highest BCUT2D eigenvalue weighted by Gasteiger charge is 2.41. The van der Waals surface area contributed by atoms with Gasteiger partial charge in [-0.15, -0.1) is 0 Å². The van der Waals surface area contributed by atoms with Crippen LogP contribution in [0.25, 0.3) is 26.6 Å². The van der Waals surface area contributed by atoms with E-state index in [1.54, 1.807) is 0 Å².